The summed E-state index contributed by atoms with van der Waals surface area (Å²) in [5.41, 5.74) is 3.09. The third-order valence-electron chi connectivity index (χ3n) is 5.85. The molecule has 1 aromatic carbocycles. The number of fused-ring (bicyclic) bond motifs is 2. The minimum Gasteiger partial charge on any atom is -0.484 e. The summed E-state index contributed by atoms with van der Waals surface area (Å²) in [6.45, 7) is 4.21. The Balaban J connectivity index is 1.37. The SMILES string of the molecule is CC(C)c1nnc2ccc(O[C@H]3CC[C@H](NC(=O)NC4CC4)c4ccccc43)cn12. The maximum atomic E-state index is 12.3. The van der Waals surface area contributed by atoms with Crippen LogP contribution in [-0.2, 0) is 0 Å². The van der Waals surface area contributed by atoms with Gasteiger partial charge in [-0.25, -0.2) is 4.79 Å². The molecule has 0 unspecified atom stereocenters. The lowest BCUT2D eigenvalue weighted by molar-refractivity contribution is 0.171. The molecule has 2 aromatic heterocycles. The zero-order valence-corrected chi connectivity index (χ0v) is 17.3. The van der Waals surface area contributed by atoms with Crippen LogP contribution in [0.25, 0.3) is 5.65 Å². The van der Waals surface area contributed by atoms with Crippen molar-refractivity contribution in [2.75, 3.05) is 0 Å². The van der Waals surface area contributed by atoms with Gasteiger partial charge in [-0.3, -0.25) is 4.40 Å². The van der Waals surface area contributed by atoms with Gasteiger partial charge in [0.05, 0.1) is 12.2 Å². The van der Waals surface area contributed by atoms with Crippen molar-refractivity contribution in [1.29, 1.82) is 0 Å². The average molecular weight is 406 g/mol. The van der Waals surface area contributed by atoms with Crippen LogP contribution in [0.3, 0.4) is 0 Å². The number of hydrogen-bond donors (Lipinski definition) is 2. The number of carbonyl (C=O) groups excluding carboxylic acids is 1. The summed E-state index contributed by atoms with van der Waals surface area (Å²) in [6.07, 6.45) is 5.76. The van der Waals surface area contributed by atoms with E-state index in [4.69, 9.17) is 4.74 Å². The molecule has 0 spiro atoms. The van der Waals surface area contributed by atoms with Gasteiger partial charge in [0.25, 0.3) is 0 Å². The van der Waals surface area contributed by atoms with E-state index in [-0.39, 0.29) is 24.1 Å². The van der Waals surface area contributed by atoms with Gasteiger partial charge in [0, 0.05) is 12.0 Å². The van der Waals surface area contributed by atoms with Gasteiger partial charge in [-0.1, -0.05) is 38.1 Å². The van der Waals surface area contributed by atoms with E-state index in [2.05, 4.69) is 46.8 Å². The number of ether oxygens (including phenoxy) is 1. The molecular formula is C23H27N5O2. The highest BCUT2D eigenvalue weighted by Crippen LogP contribution is 2.38. The van der Waals surface area contributed by atoms with E-state index in [1.165, 1.54) is 0 Å². The van der Waals surface area contributed by atoms with Crippen molar-refractivity contribution in [2.24, 2.45) is 0 Å². The lowest BCUT2D eigenvalue weighted by atomic mass is 9.85. The second-order valence-electron chi connectivity index (χ2n) is 8.56. The molecule has 30 heavy (non-hydrogen) atoms. The Morgan fingerprint density at radius 2 is 1.83 bits per heavy atom. The first-order valence-electron chi connectivity index (χ1n) is 10.8. The van der Waals surface area contributed by atoms with Crippen molar-refractivity contribution < 1.29 is 9.53 Å². The average Bonchev–Trinajstić information content (AvgIpc) is 3.44. The van der Waals surface area contributed by atoms with E-state index in [0.29, 0.717) is 6.04 Å². The molecular weight excluding hydrogens is 378 g/mol. The fourth-order valence-corrected chi connectivity index (χ4v) is 4.15. The van der Waals surface area contributed by atoms with Crippen LogP contribution >= 0.6 is 0 Å². The first-order chi connectivity index (χ1) is 14.6. The maximum Gasteiger partial charge on any atom is 0.315 e. The van der Waals surface area contributed by atoms with Crippen molar-refractivity contribution in [3.8, 4) is 5.75 Å². The molecule has 2 atom stereocenters. The molecule has 1 saturated carbocycles. The largest absolute Gasteiger partial charge is 0.484 e. The van der Waals surface area contributed by atoms with Gasteiger partial charge in [-0.2, -0.15) is 0 Å². The van der Waals surface area contributed by atoms with E-state index in [9.17, 15) is 4.79 Å². The number of carbonyl (C=O) groups is 1. The normalized spacial score (nSPS) is 20.8. The molecule has 7 nitrogen and oxygen atoms in total. The molecule has 2 aliphatic rings. The summed E-state index contributed by atoms with van der Waals surface area (Å²) in [6, 6.07) is 12.4. The second-order valence-corrected chi connectivity index (χ2v) is 8.56. The summed E-state index contributed by atoms with van der Waals surface area (Å²) in [5, 5.41) is 14.7. The Hall–Kier alpha value is -3.09. The highest BCUT2D eigenvalue weighted by molar-refractivity contribution is 5.75. The minimum atomic E-state index is -0.0732. The number of nitrogens with zero attached hydrogens (tertiary/aromatic N) is 3. The van der Waals surface area contributed by atoms with Crippen LogP contribution in [0.1, 0.15) is 74.5 Å². The van der Waals surface area contributed by atoms with Crippen LogP contribution in [0.2, 0.25) is 0 Å². The van der Waals surface area contributed by atoms with Gasteiger partial charge in [0.15, 0.2) is 5.65 Å². The molecule has 1 fully saturated rings. The molecule has 0 bridgehead atoms. The zero-order chi connectivity index (χ0) is 20.7. The number of pyridine rings is 1. The molecule has 7 heteroatoms. The van der Waals surface area contributed by atoms with Crippen molar-refractivity contribution in [3.05, 3.63) is 59.5 Å². The highest BCUT2D eigenvalue weighted by atomic mass is 16.5. The fourth-order valence-electron chi connectivity index (χ4n) is 4.15. The second kappa shape index (κ2) is 7.63. The standard InChI is InChI=1S/C23H27N5O2/c1-14(2)22-27-26-21-12-9-16(13-28(21)22)30-20-11-10-19(17-5-3-4-6-18(17)20)25-23(29)24-15-7-8-15/h3-6,9,12-15,19-20H,7-8,10-11H2,1-2H3,(H2,24,25,29)/t19-,20-/m0/s1. The quantitative estimate of drug-likeness (QED) is 0.664. The Labute approximate surface area is 175 Å². The maximum absolute atomic E-state index is 12.3. The van der Waals surface area contributed by atoms with Crippen molar-refractivity contribution >= 4 is 11.7 Å². The van der Waals surface area contributed by atoms with Crippen LogP contribution < -0.4 is 15.4 Å². The third kappa shape index (κ3) is 3.72. The zero-order valence-electron chi connectivity index (χ0n) is 17.3. The smallest absolute Gasteiger partial charge is 0.315 e. The molecule has 2 amide bonds. The summed E-state index contributed by atoms with van der Waals surface area (Å²) in [4.78, 5) is 12.3. The van der Waals surface area contributed by atoms with Gasteiger partial charge in [-0.05, 0) is 48.9 Å². The molecule has 2 aliphatic carbocycles. The summed E-state index contributed by atoms with van der Waals surface area (Å²) < 4.78 is 8.42. The van der Waals surface area contributed by atoms with Crippen LogP contribution in [-0.4, -0.2) is 26.7 Å². The predicted molar refractivity (Wildman–Crippen MR) is 114 cm³/mol. The van der Waals surface area contributed by atoms with Crippen molar-refractivity contribution in [2.45, 2.75) is 63.6 Å². The third-order valence-corrected chi connectivity index (χ3v) is 5.85. The number of hydrogen-bond acceptors (Lipinski definition) is 4. The first kappa shape index (κ1) is 18.9. The van der Waals surface area contributed by atoms with E-state index in [1.54, 1.807) is 0 Å². The summed E-state index contributed by atoms with van der Waals surface area (Å²) in [5.74, 6) is 1.99. The molecule has 5 rings (SSSR count). The van der Waals surface area contributed by atoms with Crippen molar-refractivity contribution in [1.82, 2.24) is 25.2 Å². The van der Waals surface area contributed by atoms with Crippen LogP contribution in [0.15, 0.2) is 42.6 Å². The monoisotopic (exact) mass is 405 g/mol. The molecule has 156 valence electrons. The van der Waals surface area contributed by atoms with Gasteiger partial charge in [-0.15, -0.1) is 10.2 Å². The van der Waals surface area contributed by atoms with Crippen LogP contribution in [0.4, 0.5) is 4.79 Å². The first-order valence-corrected chi connectivity index (χ1v) is 10.8. The Morgan fingerprint density at radius 1 is 1.03 bits per heavy atom. The Bertz CT molecular complexity index is 1070. The van der Waals surface area contributed by atoms with Crippen LogP contribution in [0.5, 0.6) is 5.75 Å². The highest BCUT2D eigenvalue weighted by Gasteiger charge is 2.31. The molecule has 0 saturated heterocycles. The van der Waals surface area contributed by atoms with Gasteiger partial charge >= 0.3 is 6.03 Å². The Kier molecular flexibility index (Phi) is 4.81. The summed E-state index contributed by atoms with van der Waals surface area (Å²) >= 11 is 0. The van der Waals surface area contributed by atoms with Crippen molar-refractivity contribution in [3.63, 3.8) is 0 Å². The molecule has 3 aromatic rings. The number of benzene rings is 1. The van der Waals surface area contributed by atoms with E-state index < -0.39 is 0 Å². The topological polar surface area (TPSA) is 80.6 Å². The minimum absolute atomic E-state index is 0.00710. The molecule has 0 aliphatic heterocycles. The number of aromatic nitrogens is 3. The van der Waals surface area contributed by atoms with Gasteiger partial charge < -0.3 is 15.4 Å². The number of amides is 2. The fraction of sp³-hybridized carbons (Fsp3) is 0.435. The molecule has 0 radical (unpaired) electrons. The molecule has 2 N–H and O–H groups in total. The lowest BCUT2D eigenvalue weighted by Gasteiger charge is -2.32. The van der Waals surface area contributed by atoms with Gasteiger partial charge in [0.1, 0.15) is 17.7 Å². The lowest BCUT2D eigenvalue weighted by Crippen LogP contribution is -2.40. The van der Waals surface area contributed by atoms with E-state index >= 15 is 0 Å². The van der Waals surface area contributed by atoms with E-state index in [1.807, 2.05) is 34.9 Å². The van der Waals surface area contributed by atoms with E-state index in [0.717, 1.165) is 54.0 Å². The number of urea groups is 1. The van der Waals surface area contributed by atoms with Crippen LogP contribution in [0, 0.1) is 0 Å². The molecule has 2 heterocycles. The van der Waals surface area contributed by atoms with Gasteiger partial charge in [0.2, 0.25) is 0 Å². The Morgan fingerprint density at radius 3 is 2.60 bits per heavy atom. The number of rotatable bonds is 5. The number of nitrogens with one attached hydrogen (secondary N) is 2. The summed E-state index contributed by atoms with van der Waals surface area (Å²) in [7, 11) is 0. The predicted octanol–water partition coefficient (Wildman–Crippen LogP) is 4.27.